The number of para-hydroxylation sites is 1. The Kier molecular flexibility index (Phi) is 7.14. The Morgan fingerprint density at radius 1 is 1.14 bits per heavy atom. The van der Waals surface area contributed by atoms with Crippen LogP contribution in [0.5, 0.6) is 5.75 Å². The van der Waals surface area contributed by atoms with Crippen LogP contribution in [0.25, 0.3) is 0 Å². The van der Waals surface area contributed by atoms with Crippen molar-refractivity contribution in [1.29, 1.82) is 0 Å². The number of hydrogen-bond donors (Lipinski definition) is 1. The minimum atomic E-state index is -0.121. The monoisotopic (exact) mass is 389 g/mol. The molecule has 3 amide bonds. The molecule has 7 nitrogen and oxygen atoms in total. The maximum absolute atomic E-state index is 12.7. The van der Waals surface area contributed by atoms with Crippen LogP contribution in [0.1, 0.15) is 24.0 Å². The van der Waals surface area contributed by atoms with Gasteiger partial charge in [-0.15, -0.1) is 0 Å². The zero-order chi connectivity index (χ0) is 19.9. The van der Waals surface area contributed by atoms with Gasteiger partial charge >= 0.3 is 6.03 Å². The van der Waals surface area contributed by atoms with Gasteiger partial charge in [-0.3, -0.25) is 4.79 Å². The van der Waals surface area contributed by atoms with Crippen molar-refractivity contribution in [1.82, 2.24) is 15.1 Å². The fraction of sp³-hybridized carbons (Fsp3) is 0.619. The second-order valence-corrected chi connectivity index (χ2v) is 7.52. The molecule has 0 spiro atoms. The molecule has 0 unspecified atom stereocenters. The third-order valence-corrected chi connectivity index (χ3v) is 5.41. The first-order chi connectivity index (χ1) is 13.6. The molecule has 3 rings (SSSR count). The van der Waals surface area contributed by atoms with Crippen LogP contribution in [-0.4, -0.2) is 74.3 Å². The van der Waals surface area contributed by atoms with Gasteiger partial charge in [-0.05, 0) is 37.8 Å². The van der Waals surface area contributed by atoms with Gasteiger partial charge in [0.2, 0.25) is 5.91 Å². The van der Waals surface area contributed by atoms with E-state index in [0.29, 0.717) is 52.5 Å². The summed E-state index contributed by atoms with van der Waals surface area (Å²) < 4.78 is 11.2. The van der Waals surface area contributed by atoms with Gasteiger partial charge in [0.25, 0.3) is 0 Å². The van der Waals surface area contributed by atoms with Crippen LogP contribution in [-0.2, 0) is 9.53 Å². The van der Waals surface area contributed by atoms with Gasteiger partial charge < -0.3 is 24.6 Å². The molecule has 2 aliphatic rings. The molecule has 28 heavy (non-hydrogen) atoms. The molecule has 1 N–H and O–H groups in total. The molecule has 1 aromatic carbocycles. The molecular weight excluding hydrogens is 358 g/mol. The first-order valence-electron chi connectivity index (χ1n) is 10.1. The first kappa shape index (κ1) is 20.5. The summed E-state index contributed by atoms with van der Waals surface area (Å²) in [5.74, 6) is 0.925. The van der Waals surface area contributed by atoms with Crippen LogP contribution in [0.2, 0.25) is 0 Å². The van der Waals surface area contributed by atoms with Crippen molar-refractivity contribution < 1.29 is 19.1 Å². The Balaban J connectivity index is 1.43. The van der Waals surface area contributed by atoms with Crippen molar-refractivity contribution in [2.24, 2.45) is 5.92 Å². The number of nitrogens with zero attached hydrogens (tertiary/aromatic N) is 2. The molecule has 2 saturated heterocycles. The molecule has 0 radical (unpaired) electrons. The van der Waals surface area contributed by atoms with E-state index in [9.17, 15) is 9.59 Å². The Hall–Kier alpha value is -2.28. The van der Waals surface area contributed by atoms with E-state index in [1.54, 1.807) is 4.90 Å². The summed E-state index contributed by atoms with van der Waals surface area (Å²) in [6, 6.07) is 5.91. The normalized spacial score (nSPS) is 20.0. The van der Waals surface area contributed by atoms with E-state index in [1.165, 1.54) is 0 Å². The van der Waals surface area contributed by atoms with Crippen LogP contribution < -0.4 is 10.1 Å². The van der Waals surface area contributed by atoms with Crippen molar-refractivity contribution in [2.45, 2.75) is 26.7 Å². The number of benzene rings is 1. The van der Waals surface area contributed by atoms with Crippen molar-refractivity contribution in [3.8, 4) is 5.75 Å². The van der Waals surface area contributed by atoms with Gasteiger partial charge in [0.1, 0.15) is 12.4 Å². The molecule has 0 aliphatic carbocycles. The summed E-state index contributed by atoms with van der Waals surface area (Å²) in [7, 11) is 0. The number of ether oxygens (including phenoxy) is 2. The number of carbonyl (C=O) groups excluding carboxylic acids is 2. The predicted octanol–water partition coefficient (Wildman–Crippen LogP) is 1.96. The number of likely N-dealkylation sites (tertiary alicyclic amines) is 1. The molecule has 1 aromatic rings. The van der Waals surface area contributed by atoms with Gasteiger partial charge in [-0.2, -0.15) is 0 Å². The van der Waals surface area contributed by atoms with Crippen LogP contribution in [0.15, 0.2) is 18.2 Å². The van der Waals surface area contributed by atoms with Gasteiger partial charge in [-0.25, -0.2) is 4.79 Å². The Morgan fingerprint density at radius 3 is 2.57 bits per heavy atom. The van der Waals surface area contributed by atoms with Crippen LogP contribution in [0.3, 0.4) is 0 Å². The molecule has 0 aromatic heterocycles. The van der Waals surface area contributed by atoms with E-state index < -0.39 is 0 Å². The van der Waals surface area contributed by atoms with E-state index in [0.717, 1.165) is 29.7 Å². The summed E-state index contributed by atoms with van der Waals surface area (Å²) in [4.78, 5) is 28.8. The number of amides is 3. The standard InChI is InChI=1S/C21H31N3O4/c1-16-5-3-6-17(2)19(16)28-12-8-22-21(26)24-9-4-7-18(15-24)20(25)23-10-13-27-14-11-23/h3,5-6,18H,4,7-15H2,1-2H3,(H,22,26)/t18-/m1/s1. The predicted molar refractivity (Wildman–Crippen MR) is 107 cm³/mol. The maximum Gasteiger partial charge on any atom is 0.317 e. The number of hydrogen-bond acceptors (Lipinski definition) is 4. The Morgan fingerprint density at radius 2 is 1.86 bits per heavy atom. The van der Waals surface area contributed by atoms with E-state index in [4.69, 9.17) is 9.47 Å². The number of aryl methyl sites for hydroxylation is 2. The lowest BCUT2D eigenvalue weighted by Crippen LogP contribution is -2.51. The molecular formula is C21H31N3O4. The second kappa shape index (κ2) is 9.78. The summed E-state index contributed by atoms with van der Waals surface area (Å²) >= 11 is 0. The maximum atomic E-state index is 12.7. The topological polar surface area (TPSA) is 71.1 Å². The van der Waals surface area contributed by atoms with E-state index in [1.807, 2.05) is 36.9 Å². The van der Waals surface area contributed by atoms with Crippen LogP contribution >= 0.6 is 0 Å². The number of morpholine rings is 1. The molecule has 0 bridgehead atoms. The molecule has 1 atom stereocenters. The van der Waals surface area contributed by atoms with Gasteiger partial charge in [0.05, 0.1) is 25.7 Å². The molecule has 154 valence electrons. The third kappa shape index (κ3) is 5.16. The van der Waals surface area contributed by atoms with Crippen molar-refractivity contribution in [3.05, 3.63) is 29.3 Å². The molecule has 2 fully saturated rings. The first-order valence-corrected chi connectivity index (χ1v) is 10.1. The van der Waals surface area contributed by atoms with E-state index in [-0.39, 0.29) is 17.9 Å². The Labute approximate surface area is 167 Å². The summed E-state index contributed by atoms with van der Waals surface area (Å²) in [6.07, 6.45) is 1.70. The molecule has 2 heterocycles. The lowest BCUT2D eigenvalue weighted by Gasteiger charge is -2.36. The van der Waals surface area contributed by atoms with Crippen LogP contribution in [0.4, 0.5) is 4.79 Å². The van der Waals surface area contributed by atoms with Crippen molar-refractivity contribution in [3.63, 3.8) is 0 Å². The fourth-order valence-electron chi connectivity index (χ4n) is 3.85. The second-order valence-electron chi connectivity index (χ2n) is 7.52. The highest BCUT2D eigenvalue weighted by molar-refractivity contribution is 5.81. The highest BCUT2D eigenvalue weighted by Crippen LogP contribution is 2.22. The van der Waals surface area contributed by atoms with E-state index >= 15 is 0 Å². The average Bonchev–Trinajstić information content (AvgIpc) is 2.73. The SMILES string of the molecule is Cc1cccc(C)c1OCCNC(=O)N1CCC[C@@H](C(=O)N2CCOCC2)C1. The smallest absolute Gasteiger partial charge is 0.317 e. The van der Waals surface area contributed by atoms with Gasteiger partial charge in [0.15, 0.2) is 0 Å². The zero-order valence-electron chi connectivity index (χ0n) is 16.9. The molecule has 0 saturated carbocycles. The summed E-state index contributed by atoms with van der Waals surface area (Å²) in [6.45, 7) is 8.56. The quantitative estimate of drug-likeness (QED) is 0.782. The lowest BCUT2D eigenvalue weighted by molar-refractivity contribution is -0.141. The molecule has 2 aliphatic heterocycles. The number of carbonyl (C=O) groups is 2. The van der Waals surface area contributed by atoms with Crippen molar-refractivity contribution in [2.75, 3.05) is 52.5 Å². The minimum absolute atomic E-state index is 0.108. The lowest BCUT2D eigenvalue weighted by atomic mass is 9.96. The number of piperidine rings is 1. The minimum Gasteiger partial charge on any atom is -0.491 e. The van der Waals surface area contributed by atoms with Crippen molar-refractivity contribution >= 4 is 11.9 Å². The largest absolute Gasteiger partial charge is 0.491 e. The fourth-order valence-corrected chi connectivity index (χ4v) is 3.85. The Bertz CT molecular complexity index is 668. The zero-order valence-corrected chi connectivity index (χ0v) is 16.9. The number of urea groups is 1. The van der Waals surface area contributed by atoms with E-state index in [2.05, 4.69) is 5.32 Å². The van der Waals surface area contributed by atoms with Gasteiger partial charge in [-0.1, -0.05) is 18.2 Å². The van der Waals surface area contributed by atoms with Crippen LogP contribution in [0, 0.1) is 19.8 Å². The highest BCUT2D eigenvalue weighted by Gasteiger charge is 2.31. The summed E-state index contributed by atoms with van der Waals surface area (Å²) in [5, 5.41) is 2.92. The number of rotatable bonds is 5. The molecule has 7 heteroatoms. The average molecular weight is 389 g/mol. The third-order valence-electron chi connectivity index (χ3n) is 5.41. The van der Waals surface area contributed by atoms with Gasteiger partial charge in [0, 0.05) is 26.2 Å². The number of nitrogens with one attached hydrogen (secondary N) is 1. The summed E-state index contributed by atoms with van der Waals surface area (Å²) in [5.41, 5.74) is 2.18. The highest BCUT2D eigenvalue weighted by atomic mass is 16.5.